The summed E-state index contributed by atoms with van der Waals surface area (Å²) in [6.45, 7) is 4.52. The molecule has 1 atom stereocenters. The molecule has 0 radical (unpaired) electrons. The fourth-order valence-corrected chi connectivity index (χ4v) is 2.91. The molecule has 0 aliphatic carbocycles. The lowest BCUT2D eigenvalue weighted by atomic mass is 10.0. The summed E-state index contributed by atoms with van der Waals surface area (Å²) in [5.74, 6) is 0.483. The summed E-state index contributed by atoms with van der Waals surface area (Å²) in [6.07, 6.45) is 11.4. The topological polar surface area (TPSA) is 91.7 Å². The zero-order chi connectivity index (χ0) is 17.7. The van der Waals surface area contributed by atoms with Crippen LogP contribution in [0.4, 0.5) is 0 Å². The third kappa shape index (κ3) is 14.8. The molecule has 0 aliphatic heterocycles. The van der Waals surface area contributed by atoms with Crippen molar-refractivity contribution < 1.29 is 22.9 Å². The fraction of sp³-hybridized carbons (Fsp3) is 0.941. The van der Waals surface area contributed by atoms with Crippen LogP contribution in [0.15, 0.2) is 0 Å². The maximum Gasteiger partial charge on any atom is 0.292 e. The Bertz CT molecular complexity index is 403. The second-order valence-corrected chi connectivity index (χ2v) is 8.40. The molecule has 0 saturated heterocycles. The lowest BCUT2D eigenvalue weighted by Gasteiger charge is -2.06. The third-order valence-corrected chi connectivity index (χ3v) is 4.84. The molecule has 0 heterocycles. The molecule has 0 bridgehead atoms. The van der Waals surface area contributed by atoms with Gasteiger partial charge in [0.1, 0.15) is 5.78 Å². The number of aliphatic hydroxyl groups excluding tert-OH is 1. The van der Waals surface area contributed by atoms with Crippen molar-refractivity contribution in [3.05, 3.63) is 0 Å². The number of carbonyl (C=O) groups excluding carboxylic acids is 1. The van der Waals surface area contributed by atoms with Crippen molar-refractivity contribution in [1.82, 2.24) is 0 Å². The van der Waals surface area contributed by atoms with Crippen LogP contribution < -0.4 is 0 Å². The van der Waals surface area contributed by atoms with Crippen molar-refractivity contribution in [3.8, 4) is 0 Å². The Labute approximate surface area is 141 Å². The minimum Gasteiger partial charge on any atom is -0.375 e. The number of aliphatic hydroxyl groups is 1. The Morgan fingerprint density at radius 2 is 1.30 bits per heavy atom. The molecule has 0 fully saturated rings. The van der Waals surface area contributed by atoms with Crippen LogP contribution in [-0.2, 0) is 14.9 Å². The number of hydrogen-bond acceptors (Lipinski definition) is 4. The molecule has 0 rings (SSSR count). The van der Waals surface area contributed by atoms with E-state index in [0.29, 0.717) is 6.42 Å². The van der Waals surface area contributed by atoms with Gasteiger partial charge in [0.05, 0.1) is 0 Å². The van der Waals surface area contributed by atoms with Crippen LogP contribution in [0, 0.1) is 5.92 Å². The Kier molecular flexibility index (Phi) is 12.6. The van der Waals surface area contributed by atoms with Gasteiger partial charge in [0.25, 0.3) is 10.1 Å². The first-order valence-electron chi connectivity index (χ1n) is 8.89. The zero-order valence-corrected chi connectivity index (χ0v) is 15.5. The monoisotopic (exact) mass is 350 g/mol. The van der Waals surface area contributed by atoms with Gasteiger partial charge in [-0.2, -0.15) is 8.42 Å². The van der Waals surface area contributed by atoms with Gasteiger partial charge in [-0.1, -0.05) is 71.6 Å². The van der Waals surface area contributed by atoms with Crippen molar-refractivity contribution in [1.29, 1.82) is 0 Å². The van der Waals surface area contributed by atoms with Crippen molar-refractivity contribution >= 4 is 15.9 Å². The van der Waals surface area contributed by atoms with E-state index in [0.717, 1.165) is 18.8 Å². The molecule has 0 spiro atoms. The van der Waals surface area contributed by atoms with Gasteiger partial charge < -0.3 is 5.11 Å². The predicted molar refractivity (Wildman–Crippen MR) is 92.8 cm³/mol. The maximum atomic E-state index is 11.4. The van der Waals surface area contributed by atoms with E-state index in [1.807, 2.05) is 0 Å². The lowest BCUT2D eigenvalue weighted by molar-refractivity contribution is -0.120. The predicted octanol–water partition coefficient (Wildman–Crippen LogP) is 4.10. The molecule has 1 unspecified atom stereocenters. The van der Waals surface area contributed by atoms with Gasteiger partial charge in [-0.15, -0.1) is 0 Å². The highest BCUT2D eigenvalue weighted by atomic mass is 32.2. The van der Waals surface area contributed by atoms with E-state index in [9.17, 15) is 13.2 Å². The molecule has 23 heavy (non-hydrogen) atoms. The summed E-state index contributed by atoms with van der Waals surface area (Å²) in [6, 6.07) is 0. The van der Waals surface area contributed by atoms with Crippen LogP contribution in [0.25, 0.3) is 0 Å². The summed E-state index contributed by atoms with van der Waals surface area (Å²) in [5.41, 5.74) is -1.98. The van der Waals surface area contributed by atoms with Gasteiger partial charge in [0.2, 0.25) is 0 Å². The van der Waals surface area contributed by atoms with Gasteiger partial charge in [0.15, 0.2) is 5.44 Å². The summed E-state index contributed by atoms with van der Waals surface area (Å²) in [7, 11) is -4.52. The van der Waals surface area contributed by atoms with E-state index >= 15 is 0 Å². The number of carbonyl (C=O) groups is 1. The third-order valence-electron chi connectivity index (χ3n) is 3.98. The highest BCUT2D eigenvalue weighted by molar-refractivity contribution is 7.86. The first-order chi connectivity index (χ1) is 10.7. The van der Waals surface area contributed by atoms with E-state index < -0.39 is 22.0 Å². The molecule has 0 amide bonds. The van der Waals surface area contributed by atoms with E-state index in [2.05, 4.69) is 13.8 Å². The van der Waals surface area contributed by atoms with Crippen molar-refractivity contribution in [3.63, 3.8) is 0 Å². The van der Waals surface area contributed by atoms with Gasteiger partial charge in [-0.3, -0.25) is 9.35 Å². The number of ketones is 1. The molecule has 6 heteroatoms. The summed E-state index contributed by atoms with van der Waals surface area (Å²) in [5, 5.41) is 9.09. The maximum absolute atomic E-state index is 11.4. The van der Waals surface area contributed by atoms with Crippen LogP contribution in [0.1, 0.15) is 90.9 Å². The molecule has 138 valence electrons. The molecular formula is C17H34O5S. The molecule has 0 aliphatic rings. The van der Waals surface area contributed by atoms with E-state index in [-0.39, 0.29) is 12.2 Å². The van der Waals surface area contributed by atoms with E-state index in [1.165, 1.54) is 44.9 Å². The van der Waals surface area contributed by atoms with E-state index in [1.54, 1.807) is 0 Å². The normalized spacial score (nSPS) is 13.4. The SMILES string of the molecule is CC(C)CCCCCCCCCCCC(=O)CC(O)S(=O)(=O)O. The summed E-state index contributed by atoms with van der Waals surface area (Å²) in [4.78, 5) is 11.4. The van der Waals surface area contributed by atoms with Crippen LogP contribution >= 0.6 is 0 Å². The van der Waals surface area contributed by atoms with Crippen molar-refractivity contribution in [2.45, 2.75) is 96.3 Å². The van der Waals surface area contributed by atoms with Gasteiger partial charge in [-0.25, -0.2) is 0 Å². The van der Waals surface area contributed by atoms with Crippen LogP contribution in [0.3, 0.4) is 0 Å². The molecule has 0 aromatic rings. The summed E-state index contributed by atoms with van der Waals surface area (Å²) < 4.78 is 29.8. The highest BCUT2D eigenvalue weighted by Gasteiger charge is 2.22. The first-order valence-corrected chi connectivity index (χ1v) is 10.4. The minimum atomic E-state index is -4.52. The molecule has 0 aromatic carbocycles. The molecule has 5 nitrogen and oxygen atoms in total. The Morgan fingerprint density at radius 1 is 0.870 bits per heavy atom. The summed E-state index contributed by atoms with van der Waals surface area (Å²) >= 11 is 0. The van der Waals surface area contributed by atoms with Crippen molar-refractivity contribution in [2.24, 2.45) is 5.92 Å². The van der Waals surface area contributed by atoms with Crippen LogP contribution in [0.5, 0.6) is 0 Å². The Balaban J connectivity index is 3.38. The first kappa shape index (κ1) is 22.5. The molecule has 2 N–H and O–H groups in total. The molecule has 0 aromatic heterocycles. The minimum absolute atomic E-state index is 0.266. The van der Waals surface area contributed by atoms with Gasteiger partial charge >= 0.3 is 0 Å². The van der Waals surface area contributed by atoms with Gasteiger partial charge in [0, 0.05) is 12.8 Å². The largest absolute Gasteiger partial charge is 0.375 e. The van der Waals surface area contributed by atoms with Gasteiger partial charge in [-0.05, 0) is 12.3 Å². The lowest BCUT2D eigenvalue weighted by Crippen LogP contribution is -2.23. The second kappa shape index (κ2) is 12.9. The van der Waals surface area contributed by atoms with Crippen LogP contribution in [0.2, 0.25) is 0 Å². The average molecular weight is 351 g/mol. The molecular weight excluding hydrogens is 316 g/mol. The van der Waals surface area contributed by atoms with E-state index in [4.69, 9.17) is 9.66 Å². The number of hydrogen-bond donors (Lipinski definition) is 2. The fourth-order valence-electron chi connectivity index (χ4n) is 2.51. The van der Waals surface area contributed by atoms with Crippen molar-refractivity contribution in [2.75, 3.05) is 0 Å². The second-order valence-electron chi connectivity index (χ2n) is 6.83. The Hall–Kier alpha value is -0.460. The number of unbranched alkanes of at least 4 members (excludes halogenated alkanes) is 8. The standard InChI is InChI=1S/C17H34O5S/c1-15(2)12-10-8-6-4-3-5-7-9-11-13-16(18)14-17(19)23(20,21)22/h15,17,19H,3-14H2,1-2H3,(H,20,21,22). The quantitative estimate of drug-likeness (QED) is 0.343. The van der Waals surface area contributed by atoms with Crippen LogP contribution in [-0.4, -0.2) is 29.3 Å². The zero-order valence-electron chi connectivity index (χ0n) is 14.7. The highest BCUT2D eigenvalue weighted by Crippen LogP contribution is 2.14. The number of rotatable bonds is 15. The smallest absolute Gasteiger partial charge is 0.292 e. The number of Topliss-reactive ketones (excluding diaryl/α,β-unsaturated/α-hetero) is 1. The molecule has 0 saturated carbocycles. The Morgan fingerprint density at radius 3 is 1.74 bits per heavy atom. The average Bonchev–Trinajstić information content (AvgIpc) is 2.43.